The minimum absolute atomic E-state index is 0.0945. The Morgan fingerprint density at radius 3 is 2.61 bits per heavy atom. The van der Waals surface area contributed by atoms with E-state index < -0.39 is 0 Å². The van der Waals surface area contributed by atoms with Crippen molar-refractivity contribution in [1.29, 1.82) is 0 Å². The van der Waals surface area contributed by atoms with Gasteiger partial charge in [0.25, 0.3) is 0 Å². The summed E-state index contributed by atoms with van der Waals surface area (Å²) in [6, 6.07) is 1.95. The molecule has 0 atom stereocenters. The first-order valence-corrected chi connectivity index (χ1v) is 6.86. The smallest absolute Gasteiger partial charge is 0.177 e. The van der Waals surface area contributed by atoms with Gasteiger partial charge in [0.15, 0.2) is 5.78 Å². The van der Waals surface area contributed by atoms with Gasteiger partial charge in [-0.05, 0) is 50.9 Å². The average Bonchev–Trinajstić information content (AvgIpc) is 2.71. The molecule has 1 aromatic heterocycles. The van der Waals surface area contributed by atoms with Gasteiger partial charge in [-0.2, -0.15) is 5.10 Å². The number of aromatic nitrogens is 2. The molecular formula is C14H23N3O. The van der Waals surface area contributed by atoms with Crippen molar-refractivity contribution in [2.24, 2.45) is 13.0 Å². The number of nitrogens with zero attached hydrogens (tertiary/aromatic N) is 3. The van der Waals surface area contributed by atoms with E-state index in [1.807, 2.05) is 13.1 Å². The predicted octanol–water partition coefficient (Wildman–Crippen LogP) is 1.90. The molecule has 0 aliphatic carbocycles. The van der Waals surface area contributed by atoms with Gasteiger partial charge >= 0.3 is 0 Å². The second-order valence-electron chi connectivity index (χ2n) is 5.28. The number of likely N-dealkylation sites (tertiary alicyclic amines) is 1. The van der Waals surface area contributed by atoms with Crippen LogP contribution in [0.2, 0.25) is 0 Å². The van der Waals surface area contributed by atoms with Gasteiger partial charge in [0.05, 0.1) is 5.69 Å². The summed E-state index contributed by atoms with van der Waals surface area (Å²) >= 11 is 0. The van der Waals surface area contributed by atoms with Crippen LogP contribution in [-0.2, 0) is 13.5 Å². The second kappa shape index (κ2) is 5.65. The molecule has 4 nitrogen and oxygen atoms in total. The molecule has 1 aromatic rings. The molecular weight excluding hydrogens is 226 g/mol. The molecule has 0 spiro atoms. The lowest BCUT2D eigenvalue weighted by molar-refractivity contribution is 0.100. The van der Waals surface area contributed by atoms with Crippen LogP contribution in [0.3, 0.4) is 0 Å². The zero-order chi connectivity index (χ0) is 13.1. The van der Waals surface area contributed by atoms with Gasteiger partial charge in [0.1, 0.15) is 5.69 Å². The van der Waals surface area contributed by atoms with Crippen molar-refractivity contribution in [3.8, 4) is 0 Å². The highest BCUT2D eigenvalue weighted by atomic mass is 16.1. The quantitative estimate of drug-likeness (QED) is 0.765. The van der Waals surface area contributed by atoms with Gasteiger partial charge in [-0.15, -0.1) is 0 Å². The van der Waals surface area contributed by atoms with Crippen LogP contribution in [0.1, 0.15) is 42.9 Å². The summed E-state index contributed by atoms with van der Waals surface area (Å²) in [7, 11) is 1.85. The standard InChI is InChI=1S/C14H23N3O/c1-4-17-7-5-12(6-8-17)9-13-10-14(11(2)18)16(3)15-13/h10,12H,4-9H2,1-3H3. The summed E-state index contributed by atoms with van der Waals surface area (Å²) in [6.07, 6.45) is 3.51. The molecule has 0 bridgehead atoms. The third kappa shape index (κ3) is 2.99. The maximum Gasteiger partial charge on any atom is 0.177 e. The van der Waals surface area contributed by atoms with E-state index in [1.54, 1.807) is 11.6 Å². The number of aryl methyl sites for hydroxylation is 1. The lowest BCUT2D eigenvalue weighted by atomic mass is 9.92. The monoisotopic (exact) mass is 249 g/mol. The third-order valence-corrected chi connectivity index (χ3v) is 3.94. The number of hydrogen-bond donors (Lipinski definition) is 0. The Morgan fingerprint density at radius 1 is 1.44 bits per heavy atom. The molecule has 1 aliphatic rings. The maximum absolute atomic E-state index is 11.4. The van der Waals surface area contributed by atoms with Crippen molar-refractivity contribution in [1.82, 2.24) is 14.7 Å². The number of hydrogen-bond acceptors (Lipinski definition) is 3. The van der Waals surface area contributed by atoms with E-state index in [0.717, 1.165) is 30.3 Å². The molecule has 0 saturated carbocycles. The summed E-state index contributed by atoms with van der Waals surface area (Å²) in [6.45, 7) is 7.38. The lowest BCUT2D eigenvalue weighted by Gasteiger charge is -2.30. The van der Waals surface area contributed by atoms with E-state index in [4.69, 9.17) is 0 Å². The Hall–Kier alpha value is -1.16. The van der Waals surface area contributed by atoms with Crippen molar-refractivity contribution < 1.29 is 4.79 Å². The van der Waals surface area contributed by atoms with Gasteiger partial charge in [-0.3, -0.25) is 9.48 Å². The first-order valence-electron chi connectivity index (χ1n) is 6.86. The molecule has 4 heteroatoms. The molecule has 100 valence electrons. The van der Waals surface area contributed by atoms with Crippen LogP contribution in [0.4, 0.5) is 0 Å². The van der Waals surface area contributed by atoms with Gasteiger partial charge in [0, 0.05) is 14.0 Å². The minimum atomic E-state index is 0.0945. The molecule has 2 heterocycles. The first-order chi connectivity index (χ1) is 8.60. The van der Waals surface area contributed by atoms with Crippen LogP contribution in [-0.4, -0.2) is 40.1 Å². The molecule has 2 rings (SSSR count). The van der Waals surface area contributed by atoms with Crippen LogP contribution >= 0.6 is 0 Å². The second-order valence-corrected chi connectivity index (χ2v) is 5.28. The van der Waals surface area contributed by atoms with Crippen molar-refractivity contribution in [3.63, 3.8) is 0 Å². The lowest BCUT2D eigenvalue weighted by Crippen LogP contribution is -2.34. The molecule has 0 N–H and O–H groups in total. The highest BCUT2D eigenvalue weighted by Gasteiger charge is 2.20. The molecule has 0 amide bonds. The van der Waals surface area contributed by atoms with E-state index in [0.29, 0.717) is 0 Å². The van der Waals surface area contributed by atoms with E-state index >= 15 is 0 Å². The van der Waals surface area contributed by atoms with E-state index in [1.165, 1.54) is 25.9 Å². The number of Topliss-reactive ketones (excluding diaryl/α,β-unsaturated/α-hetero) is 1. The Morgan fingerprint density at radius 2 is 2.11 bits per heavy atom. The summed E-state index contributed by atoms with van der Waals surface area (Å²) in [4.78, 5) is 13.9. The van der Waals surface area contributed by atoms with Crippen LogP contribution in [0.25, 0.3) is 0 Å². The highest BCUT2D eigenvalue weighted by molar-refractivity contribution is 5.92. The number of piperidine rings is 1. The summed E-state index contributed by atoms with van der Waals surface area (Å²) < 4.78 is 1.71. The predicted molar refractivity (Wildman–Crippen MR) is 71.8 cm³/mol. The Balaban J connectivity index is 1.94. The van der Waals surface area contributed by atoms with Crippen molar-refractivity contribution in [3.05, 3.63) is 17.5 Å². The average molecular weight is 249 g/mol. The molecule has 1 aliphatic heterocycles. The molecule has 1 saturated heterocycles. The Kier molecular flexibility index (Phi) is 4.17. The number of carbonyl (C=O) groups is 1. The van der Waals surface area contributed by atoms with Crippen LogP contribution in [0.15, 0.2) is 6.07 Å². The van der Waals surface area contributed by atoms with Crippen molar-refractivity contribution in [2.75, 3.05) is 19.6 Å². The van der Waals surface area contributed by atoms with Crippen molar-refractivity contribution in [2.45, 2.75) is 33.1 Å². The maximum atomic E-state index is 11.4. The molecule has 0 radical (unpaired) electrons. The van der Waals surface area contributed by atoms with Crippen molar-refractivity contribution >= 4 is 5.78 Å². The zero-order valence-corrected chi connectivity index (χ0v) is 11.6. The molecule has 0 unspecified atom stereocenters. The summed E-state index contributed by atoms with van der Waals surface area (Å²) in [5, 5.41) is 4.45. The zero-order valence-electron chi connectivity index (χ0n) is 11.6. The SMILES string of the molecule is CCN1CCC(Cc2cc(C(C)=O)n(C)n2)CC1. The van der Waals surface area contributed by atoms with E-state index in [2.05, 4.69) is 16.9 Å². The molecule has 18 heavy (non-hydrogen) atoms. The minimum Gasteiger partial charge on any atom is -0.304 e. The summed E-state index contributed by atoms with van der Waals surface area (Å²) in [5.74, 6) is 0.819. The normalized spacial score (nSPS) is 18.2. The van der Waals surface area contributed by atoms with Crippen LogP contribution < -0.4 is 0 Å². The van der Waals surface area contributed by atoms with E-state index in [-0.39, 0.29) is 5.78 Å². The highest BCUT2D eigenvalue weighted by Crippen LogP contribution is 2.21. The fraction of sp³-hybridized carbons (Fsp3) is 0.714. The number of rotatable bonds is 4. The number of ketones is 1. The topological polar surface area (TPSA) is 38.1 Å². The first kappa shape index (κ1) is 13.3. The molecule has 0 aromatic carbocycles. The van der Waals surface area contributed by atoms with Gasteiger partial charge in [-0.1, -0.05) is 6.92 Å². The number of carbonyl (C=O) groups excluding carboxylic acids is 1. The fourth-order valence-corrected chi connectivity index (χ4v) is 2.76. The van der Waals surface area contributed by atoms with E-state index in [9.17, 15) is 4.79 Å². The Bertz CT molecular complexity index is 417. The van der Waals surface area contributed by atoms with Gasteiger partial charge < -0.3 is 4.90 Å². The largest absolute Gasteiger partial charge is 0.304 e. The fourth-order valence-electron chi connectivity index (χ4n) is 2.76. The Labute approximate surface area is 109 Å². The van der Waals surface area contributed by atoms with Gasteiger partial charge in [0.2, 0.25) is 0 Å². The third-order valence-electron chi connectivity index (χ3n) is 3.94. The van der Waals surface area contributed by atoms with Crippen LogP contribution in [0.5, 0.6) is 0 Å². The summed E-state index contributed by atoms with van der Waals surface area (Å²) in [5.41, 5.74) is 1.79. The van der Waals surface area contributed by atoms with Crippen LogP contribution in [0, 0.1) is 5.92 Å². The molecule has 1 fully saturated rings. The van der Waals surface area contributed by atoms with Gasteiger partial charge in [-0.25, -0.2) is 0 Å².